The van der Waals surface area contributed by atoms with Crippen molar-refractivity contribution in [3.05, 3.63) is 0 Å². The smallest absolute Gasteiger partial charge is 0.188 e. The summed E-state index contributed by atoms with van der Waals surface area (Å²) in [5.41, 5.74) is 6.18. The van der Waals surface area contributed by atoms with E-state index in [9.17, 15) is 0 Å². The molecule has 0 aliphatic carbocycles. The van der Waals surface area contributed by atoms with E-state index < -0.39 is 0 Å². The minimum Gasteiger partial charge on any atom is -0.379 e. The summed E-state index contributed by atoms with van der Waals surface area (Å²) in [5, 5.41) is 3.24. The average molecular weight is 468 g/mol. The van der Waals surface area contributed by atoms with Crippen LogP contribution in [0.25, 0.3) is 0 Å². The number of hydrogen-bond donors (Lipinski definition) is 2. The molecule has 148 valence electrons. The normalized spacial score (nSPS) is 26.1. The third-order valence-corrected chi connectivity index (χ3v) is 4.86. The zero-order chi connectivity index (χ0) is 17.4. The van der Waals surface area contributed by atoms with Gasteiger partial charge in [-0.15, -0.1) is 24.0 Å². The first-order valence-electron chi connectivity index (χ1n) is 9.42. The van der Waals surface area contributed by atoms with E-state index in [2.05, 4.69) is 36.0 Å². The molecule has 0 aromatic rings. The predicted molar refractivity (Wildman–Crippen MR) is 114 cm³/mol. The molecule has 0 spiro atoms. The minimum absolute atomic E-state index is 0. The zero-order valence-corrected chi connectivity index (χ0v) is 18.5. The lowest BCUT2D eigenvalue weighted by molar-refractivity contribution is -0.0823. The summed E-state index contributed by atoms with van der Waals surface area (Å²) in [6.07, 6.45) is 3.65. The predicted octanol–water partition coefficient (Wildman–Crippen LogP) is 2.07. The maximum Gasteiger partial charge on any atom is 0.188 e. The molecule has 0 amide bonds. The van der Waals surface area contributed by atoms with Crippen molar-refractivity contribution in [1.82, 2.24) is 10.2 Å². The van der Waals surface area contributed by atoms with E-state index in [1.165, 1.54) is 6.42 Å². The van der Waals surface area contributed by atoms with E-state index in [1.54, 1.807) is 0 Å². The maximum atomic E-state index is 6.03. The largest absolute Gasteiger partial charge is 0.379 e. The monoisotopic (exact) mass is 468 g/mol. The minimum atomic E-state index is 0. The van der Waals surface area contributed by atoms with E-state index in [0.29, 0.717) is 11.9 Å². The second kappa shape index (κ2) is 11.6. The van der Waals surface area contributed by atoms with E-state index in [4.69, 9.17) is 15.2 Å². The highest BCUT2D eigenvalue weighted by Crippen LogP contribution is 2.34. The Bertz CT molecular complexity index is 395. The molecule has 2 rings (SSSR count). The fraction of sp³-hybridized carbons (Fsp3) is 0.944. The highest BCUT2D eigenvalue weighted by Gasteiger charge is 2.35. The Kier molecular flexibility index (Phi) is 10.6. The first-order valence-corrected chi connectivity index (χ1v) is 9.42. The summed E-state index contributed by atoms with van der Waals surface area (Å²) in [6, 6.07) is 0. The van der Waals surface area contributed by atoms with Gasteiger partial charge in [-0.25, -0.2) is 0 Å². The van der Waals surface area contributed by atoms with Crippen LogP contribution < -0.4 is 11.1 Å². The van der Waals surface area contributed by atoms with Crippen LogP contribution in [0.3, 0.4) is 0 Å². The van der Waals surface area contributed by atoms with Crippen LogP contribution in [0.2, 0.25) is 0 Å². The van der Waals surface area contributed by atoms with Crippen molar-refractivity contribution in [2.24, 2.45) is 22.1 Å². The van der Waals surface area contributed by atoms with Crippen LogP contribution in [-0.2, 0) is 9.47 Å². The van der Waals surface area contributed by atoms with Gasteiger partial charge >= 0.3 is 0 Å². The molecular formula is C18H37IN4O2. The van der Waals surface area contributed by atoms with Crippen LogP contribution >= 0.6 is 24.0 Å². The number of hydrogen-bond acceptors (Lipinski definition) is 4. The second-order valence-corrected chi connectivity index (χ2v) is 8.02. The molecule has 25 heavy (non-hydrogen) atoms. The van der Waals surface area contributed by atoms with Crippen molar-refractivity contribution in [2.45, 2.75) is 46.1 Å². The third kappa shape index (κ3) is 8.41. The number of guanidine groups is 1. The zero-order valence-electron chi connectivity index (χ0n) is 16.1. The lowest BCUT2D eigenvalue weighted by atomic mass is 9.78. The molecule has 2 aliphatic heterocycles. The Morgan fingerprint density at radius 1 is 1.24 bits per heavy atom. The lowest BCUT2D eigenvalue weighted by Crippen LogP contribution is -2.42. The molecule has 0 aromatic carbocycles. The summed E-state index contributed by atoms with van der Waals surface area (Å²) >= 11 is 0. The van der Waals surface area contributed by atoms with Gasteiger partial charge < -0.3 is 20.5 Å². The molecule has 6 nitrogen and oxygen atoms in total. The van der Waals surface area contributed by atoms with E-state index in [0.717, 1.165) is 65.4 Å². The molecule has 2 heterocycles. The van der Waals surface area contributed by atoms with Gasteiger partial charge in [0.2, 0.25) is 0 Å². The number of nitrogens with one attached hydrogen (secondary N) is 1. The Balaban J connectivity index is 0.00000312. The molecule has 0 aromatic heterocycles. The molecule has 2 fully saturated rings. The summed E-state index contributed by atoms with van der Waals surface area (Å²) in [6.45, 7) is 14.1. The number of morpholine rings is 1. The summed E-state index contributed by atoms with van der Waals surface area (Å²) < 4.78 is 11.4. The van der Waals surface area contributed by atoms with Gasteiger partial charge in [0, 0.05) is 38.7 Å². The van der Waals surface area contributed by atoms with Gasteiger partial charge in [-0.05, 0) is 31.2 Å². The molecular weight excluding hydrogens is 431 g/mol. The molecule has 2 aliphatic rings. The van der Waals surface area contributed by atoms with Gasteiger partial charge in [-0.1, -0.05) is 20.8 Å². The summed E-state index contributed by atoms with van der Waals surface area (Å²) in [5.74, 6) is 1.03. The lowest BCUT2D eigenvalue weighted by Gasteiger charge is -2.39. The number of nitrogens with two attached hydrogens (primary N) is 1. The van der Waals surface area contributed by atoms with E-state index >= 15 is 0 Å². The van der Waals surface area contributed by atoms with Gasteiger partial charge in [0.25, 0.3) is 0 Å². The quantitative estimate of drug-likeness (QED) is 0.270. The van der Waals surface area contributed by atoms with Crippen molar-refractivity contribution in [3.63, 3.8) is 0 Å². The summed E-state index contributed by atoms with van der Waals surface area (Å²) in [4.78, 5) is 7.00. The van der Waals surface area contributed by atoms with Crippen LogP contribution in [0.1, 0.15) is 40.0 Å². The number of rotatable bonds is 6. The van der Waals surface area contributed by atoms with Crippen LogP contribution in [0.5, 0.6) is 0 Å². The number of aliphatic imine (C=N–C) groups is 1. The van der Waals surface area contributed by atoms with Crippen LogP contribution in [-0.4, -0.2) is 69.5 Å². The van der Waals surface area contributed by atoms with Crippen molar-refractivity contribution in [2.75, 3.05) is 52.5 Å². The molecule has 2 atom stereocenters. The SMILES string of the molecule is CC(C)(C)C1OCCCC1CN=C(N)NCCCN1CCOCC1.I. The highest BCUT2D eigenvalue weighted by atomic mass is 127. The number of halogens is 1. The fourth-order valence-electron chi connectivity index (χ4n) is 3.60. The molecule has 7 heteroatoms. The molecule has 0 bridgehead atoms. The fourth-order valence-corrected chi connectivity index (χ4v) is 3.60. The Morgan fingerprint density at radius 2 is 1.96 bits per heavy atom. The topological polar surface area (TPSA) is 72.1 Å². The molecule has 3 N–H and O–H groups in total. The van der Waals surface area contributed by atoms with E-state index in [-0.39, 0.29) is 35.5 Å². The van der Waals surface area contributed by atoms with Gasteiger partial charge in [-0.2, -0.15) is 0 Å². The van der Waals surface area contributed by atoms with Gasteiger partial charge in [0.1, 0.15) is 0 Å². The Hall–Kier alpha value is -0.120. The maximum absolute atomic E-state index is 6.03. The molecule has 2 saturated heterocycles. The standard InChI is InChI=1S/C18H36N4O2.HI/c1-18(2,3)16-15(6-4-11-24-16)14-21-17(19)20-7-5-8-22-9-12-23-13-10-22;/h15-16H,4-14H2,1-3H3,(H3,19,20,21);1H. The van der Waals surface area contributed by atoms with Crippen LogP contribution in [0, 0.1) is 11.3 Å². The highest BCUT2D eigenvalue weighted by molar-refractivity contribution is 14.0. The Morgan fingerprint density at radius 3 is 2.64 bits per heavy atom. The van der Waals surface area contributed by atoms with Crippen molar-refractivity contribution >= 4 is 29.9 Å². The third-order valence-electron chi connectivity index (χ3n) is 4.86. The Labute approximate surface area is 170 Å². The number of ether oxygens (including phenoxy) is 2. The molecule has 2 unspecified atom stereocenters. The first-order chi connectivity index (χ1) is 11.5. The molecule has 0 saturated carbocycles. The second-order valence-electron chi connectivity index (χ2n) is 8.02. The van der Waals surface area contributed by atoms with Gasteiger partial charge in [0.15, 0.2) is 5.96 Å². The van der Waals surface area contributed by atoms with Crippen LogP contribution in [0.4, 0.5) is 0 Å². The van der Waals surface area contributed by atoms with Crippen LogP contribution in [0.15, 0.2) is 4.99 Å². The van der Waals surface area contributed by atoms with Crippen molar-refractivity contribution in [1.29, 1.82) is 0 Å². The van der Waals surface area contributed by atoms with Crippen molar-refractivity contribution in [3.8, 4) is 0 Å². The van der Waals surface area contributed by atoms with E-state index in [1.807, 2.05) is 0 Å². The first kappa shape index (κ1) is 22.9. The van der Waals surface area contributed by atoms with Gasteiger partial charge in [-0.3, -0.25) is 9.89 Å². The van der Waals surface area contributed by atoms with Gasteiger partial charge in [0.05, 0.1) is 19.3 Å². The average Bonchev–Trinajstić information content (AvgIpc) is 2.57. The van der Waals surface area contributed by atoms with Crippen molar-refractivity contribution < 1.29 is 9.47 Å². The summed E-state index contributed by atoms with van der Waals surface area (Å²) in [7, 11) is 0. The molecule has 0 radical (unpaired) electrons. The number of nitrogens with zero attached hydrogens (tertiary/aromatic N) is 2.